The van der Waals surface area contributed by atoms with Crippen LogP contribution >= 0.6 is 0 Å². The average Bonchev–Trinajstić information content (AvgIpc) is 3.41. The highest BCUT2D eigenvalue weighted by Gasteiger charge is 2.28. The van der Waals surface area contributed by atoms with Crippen LogP contribution < -0.4 is 24.3 Å². The molecule has 0 saturated carbocycles. The summed E-state index contributed by atoms with van der Waals surface area (Å²) < 4.78 is 50.7. The molecule has 4 aromatic heterocycles. The van der Waals surface area contributed by atoms with E-state index >= 15 is 0 Å². The van der Waals surface area contributed by atoms with Gasteiger partial charge in [-0.15, -0.1) is 0 Å². The van der Waals surface area contributed by atoms with Gasteiger partial charge in [-0.1, -0.05) is 0 Å². The van der Waals surface area contributed by atoms with E-state index in [2.05, 4.69) is 30.4 Å². The molecule has 12 nitrogen and oxygen atoms in total. The molecule has 0 atom stereocenters. The van der Waals surface area contributed by atoms with Crippen molar-refractivity contribution in [2.45, 2.75) is 19.8 Å². The summed E-state index contributed by atoms with van der Waals surface area (Å²) in [6.45, 7) is 2.70. The van der Waals surface area contributed by atoms with Gasteiger partial charge in [-0.2, -0.15) is 13.9 Å². The lowest BCUT2D eigenvalue weighted by atomic mass is 10.2. The highest BCUT2D eigenvalue weighted by molar-refractivity contribution is 6.04. The summed E-state index contributed by atoms with van der Waals surface area (Å²) >= 11 is 0. The number of hydrogen-bond acceptors (Lipinski definition) is 10. The molecule has 1 aromatic carbocycles. The third-order valence-electron chi connectivity index (χ3n) is 5.94. The van der Waals surface area contributed by atoms with Crippen molar-refractivity contribution in [3.05, 3.63) is 72.8 Å². The average molecular weight is 578 g/mol. The monoisotopic (exact) mass is 577 g/mol. The van der Waals surface area contributed by atoms with Crippen molar-refractivity contribution in [3.63, 3.8) is 0 Å². The fourth-order valence-corrected chi connectivity index (χ4v) is 4.01. The highest BCUT2D eigenvalue weighted by Crippen LogP contribution is 2.37. The summed E-state index contributed by atoms with van der Waals surface area (Å²) in [6, 6.07) is 8.41. The minimum atomic E-state index is -3.22. The SMILES string of the molecule is CCOc1cnn(-c2cnc(C(C)(F)F)nc2)c1C(=O)Nc1ccc(Oc2ccnc3cc(OC)c(OC)cc23)cn1. The first-order valence-electron chi connectivity index (χ1n) is 12.6. The van der Waals surface area contributed by atoms with Gasteiger partial charge in [0.05, 0.1) is 51.1 Å². The van der Waals surface area contributed by atoms with Crippen molar-refractivity contribution < 1.29 is 32.5 Å². The lowest BCUT2D eigenvalue weighted by Gasteiger charge is -2.13. The van der Waals surface area contributed by atoms with E-state index < -0.39 is 17.7 Å². The number of amides is 1. The number of pyridine rings is 2. The number of benzene rings is 1. The zero-order valence-electron chi connectivity index (χ0n) is 23.0. The van der Waals surface area contributed by atoms with Crippen molar-refractivity contribution in [3.8, 4) is 34.4 Å². The van der Waals surface area contributed by atoms with Crippen LogP contribution in [-0.4, -0.2) is 56.5 Å². The molecule has 42 heavy (non-hydrogen) atoms. The Balaban J connectivity index is 1.37. The second-order valence-electron chi connectivity index (χ2n) is 8.82. The normalized spacial score (nSPS) is 11.3. The van der Waals surface area contributed by atoms with E-state index in [-0.39, 0.29) is 29.6 Å². The number of rotatable bonds is 10. The molecule has 5 rings (SSSR count). The molecule has 0 spiro atoms. The standard InChI is InChI=1S/C28H25F2N7O5/c1-5-41-23-15-35-37(16-12-33-27(34-13-16)28(2,29)30)25(23)26(38)36-24-7-6-17(14-32-24)42-20-8-9-31-19-11-22(40-4)21(39-3)10-18(19)20/h6-15H,5H2,1-4H3,(H,32,36,38). The molecule has 0 saturated heterocycles. The van der Waals surface area contributed by atoms with Crippen LogP contribution in [0.15, 0.2) is 61.3 Å². The van der Waals surface area contributed by atoms with Crippen LogP contribution in [0.5, 0.6) is 28.7 Å². The van der Waals surface area contributed by atoms with E-state index in [4.69, 9.17) is 18.9 Å². The molecule has 0 bridgehead atoms. The van der Waals surface area contributed by atoms with E-state index in [1.54, 1.807) is 57.7 Å². The van der Waals surface area contributed by atoms with E-state index in [0.29, 0.717) is 40.8 Å². The molecule has 1 amide bonds. The molecule has 0 unspecified atom stereocenters. The molecule has 0 fully saturated rings. The number of nitrogens with one attached hydrogen (secondary N) is 1. The number of halogens is 2. The molecule has 0 radical (unpaired) electrons. The minimum Gasteiger partial charge on any atom is -0.493 e. The van der Waals surface area contributed by atoms with Crippen LogP contribution in [0.4, 0.5) is 14.6 Å². The van der Waals surface area contributed by atoms with Crippen molar-refractivity contribution in [1.82, 2.24) is 29.7 Å². The lowest BCUT2D eigenvalue weighted by Crippen LogP contribution is -2.19. The van der Waals surface area contributed by atoms with Crippen LogP contribution in [0.25, 0.3) is 16.6 Å². The number of nitrogens with zero attached hydrogens (tertiary/aromatic N) is 6. The maximum atomic E-state index is 13.6. The molecular weight excluding hydrogens is 552 g/mol. The van der Waals surface area contributed by atoms with Gasteiger partial charge in [-0.3, -0.25) is 9.78 Å². The molecule has 5 aromatic rings. The van der Waals surface area contributed by atoms with Gasteiger partial charge in [-0.05, 0) is 31.2 Å². The summed E-state index contributed by atoms with van der Waals surface area (Å²) in [5.74, 6) is -2.11. The number of alkyl halides is 2. The lowest BCUT2D eigenvalue weighted by molar-refractivity contribution is 0.00765. The summed E-state index contributed by atoms with van der Waals surface area (Å²) in [4.78, 5) is 29.4. The molecule has 1 N–H and O–H groups in total. The number of carbonyl (C=O) groups is 1. The molecule has 0 aliphatic carbocycles. The van der Waals surface area contributed by atoms with Crippen LogP contribution in [0.2, 0.25) is 0 Å². The second kappa shape index (κ2) is 11.6. The van der Waals surface area contributed by atoms with Gasteiger partial charge < -0.3 is 24.3 Å². The number of fused-ring (bicyclic) bond motifs is 1. The molecule has 216 valence electrons. The van der Waals surface area contributed by atoms with E-state index in [0.717, 1.165) is 12.4 Å². The summed E-state index contributed by atoms with van der Waals surface area (Å²) in [6.07, 6.45) is 6.70. The Labute approximate surface area is 238 Å². The van der Waals surface area contributed by atoms with Crippen molar-refractivity contribution in [1.29, 1.82) is 0 Å². The molecule has 0 aliphatic rings. The maximum absolute atomic E-state index is 13.6. The van der Waals surface area contributed by atoms with Gasteiger partial charge in [0.25, 0.3) is 5.91 Å². The van der Waals surface area contributed by atoms with E-state index in [1.807, 2.05) is 0 Å². The predicted molar refractivity (Wildman–Crippen MR) is 147 cm³/mol. The first-order valence-corrected chi connectivity index (χ1v) is 12.6. The number of ether oxygens (including phenoxy) is 4. The molecular formula is C28H25F2N7O5. The van der Waals surface area contributed by atoms with Crippen molar-refractivity contribution in [2.24, 2.45) is 0 Å². The van der Waals surface area contributed by atoms with Gasteiger partial charge >= 0.3 is 5.92 Å². The highest BCUT2D eigenvalue weighted by atomic mass is 19.3. The molecule has 4 heterocycles. The Kier molecular flexibility index (Phi) is 7.78. The number of hydrogen-bond donors (Lipinski definition) is 1. The van der Waals surface area contributed by atoms with Gasteiger partial charge in [-0.25, -0.2) is 19.6 Å². The Morgan fingerprint density at radius 3 is 2.31 bits per heavy atom. The van der Waals surface area contributed by atoms with Crippen molar-refractivity contribution in [2.75, 3.05) is 26.1 Å². The second-order valence-corrected chi connectivity index (χ2v) is 8.82. The van der Waals surface area contributed by atoms with Crippen molar-refractivity contribution >= 4 is 22.6 Å². The van der Waals surface area contributed by atoms with Crippen LogP contribution in [0.1, 0.15) is 30.2 Å². The fraction of sp³-hybridized carbons (Fsp3) is 0.214. The Bertz CT molecular complexity index is 1720. The number of aromatic nitrogens is 6. The quantitative estimate of drug-likeness (QED) is 0.237. The van der Waals surface area contributed by atoms with Gasteiger partial charge in [0.1, 0.15) is 23.0 Å². The van der Waals surface area contributed by atoms with Crippen LogP contribution in [-0.2, 0) is 5.92 Å². The maximum Gasteiger partial charge on any atom is 0.303 e. The Morgan fingerprint density at radius 1 is 0.929 bits per heavy atom. The predicted octanol–water partition coefficient (Wildman–Crippen LogP) is 5.18. The number of anilines is 1. The van der Waals surface area contributed by atoms with Gasteiger partial charge in [0, 0.05) is 24.6 Å². The largest absolute Gasteiger partial charge is 0.493 e. The van der Waals surface area contributed by atoms with E-state index in [1.165, 1.54) is 17.1 Å². The molecule has 0 aliphatic heterocycles. The third-order valence-corrected chi connectivity index (χ3v) is 5.94. The van der Waals surface area contributed by atoms with Crippen LogP contribution in [0, 0.1) is 0 Å². The minimum absolute atomic E-state index is 0.00576. The Hall–Kier alpha value is -5.40. The number of methoxy groups -OCH3 is 2. The van der Waals surface area contributed by atoms with Gasteiger partial charge in [0.15, 0.2) is 28.8 Å². The van der Waals surface area contributed by atoms with Gasteiger partial charge in [0.2, 0.25) is 0 Å². The summed E-state index contributed by atoms with van der Waals surface area (Å²) in [7, 11) is 3.09. The fourth-order valence-electron chi connectivity index (χ4n) is 4.01. The molecule has 14 heteroatoms. The summed E-state index contributed by atoms with van der Waals surface area (Å²) in [5, 5.41) is 7.56. The topological polar surface area (TPSA) is 135 Å². The summed E-state index contributed by atoms with van der Waals surface area (Å²) in [5.41, 5.74) is 0.841. The zero-order valence-corrected chi connectivity index (χ0v) is 23.0. The number of carbonyl (C=O) groups excluding carboxylic acids is 1. The van der Waals surface area contributed by atoms with E-state index in [9.17, 15) is 13.6 Å². The Morgan fingerprint density at radius 2 is 1.67 bits per heavy atom. The van der Waals surface area contributed by atoms with Crippen LogP contribution in [0.3, 0.4) is 0 Å². The first-order chi connectivity index (χ1) is 20.2. The smallest absolute Gasteiger partial charge is 0.303 e. The first kappa shape index (κ1) is 28.1. The zero-order chi connectivity index (χ0) is 29.9. The third kappa shape index (κ3) is 5.73.